The Bertz CT molecular complexity index is 556. The van der Waals surface area contributed by atoms with Gasteiger partial charge in [0, 0.05) is 21.5 Å². The number of thiophene rings is 1. The van der Waals surface area contributed by atoms with Crippen molar-refractivity contribution in [2.75, 3.05) is 0 Å². The molecule has 0 unspecified atom stereocenters. The second kappa shape index (κ2) is 4.29. The molecule has 1 aliphatic heterocycles. The van der Waals surface area contributed by atoms with E-state index >= 15 is 0 Å². The predicted molar refractivity (Wildman–Crippen MR) is 73.1 cm³/mol. The van der Waals surface area contributed by atoms with Crippen LogP contribution in [0.1, 0.15) is 11.3 Å². The summed E-state index contributed by atoms with van der Waals surface area (Å²) in [5, 5.41) is 2.61. The predicted octanol–water partition coefficient (Wildman–Crippen LogP) is 4.37. The number of fused-ring (bicyclic) bond motifs is 1. The lowest BCUT2D eigenvalue weighted by Gasteiger charge is -2.03. The summed E-state index contributed by atoms with van der Waals surface area (Å²) in [4.78, 5) is 9.99. The van der Waals surface area contributed by atoms with E-state index in [0.717, 1.165) is 37.9 Å². The lowest BCUT2D eigenvalue weighted by atomic mass is 10.3. The molecule has 0 saturated carbocycles. The molecule has 82 valence electrons. The molecular weight excluding hydrogens is 328 g/mol. The lowest BCUT2D eigenvalue weighted by Crippen LogP contribution is -1.96. The quantitative estimate of drug-likeness (QED) is 0.725. The van der Waals surface area contributed by atoms with Crippen LogP contribution in [0.5, 0.6) is 0 Å². The minimum atomic E-state index is 0.602. The lowest BCUT2D eigenvalue weighted by molar-refractivity contribution is 1.08. The normalized spacial score (nSPS) is 14.1. The molecule has 0 radical (unpaired) electrons. The number of hydrogen-bond acceptors (Lipinski definition) is 4. The summed E-state index contributed by atoms with van der Waals surface area (Å²) >= 11 is 13.1. The van der Waals surface area contributed by atoms with Crippen LogP contribution in [0.3, 0.4) is 0 Å². The fourth-order valence-corrected chi connectivity index (χ4v) is 4.43. The van der Waals surface area contributed by atoms with Gasteiger partial charge in [-0.2, -0.15) is 11.8 Å². The number of rotatable bonds is 1. The molecule has 0 bridgehead atoms. The highest BCUT2D eigenvalue weighted by atomic mass is 79.9. The molecule has 0 amide bonds. The van der Waals surface area contributed by atoms with Gasteiger partial charge in [0.2, 0.25) is 0 Å². The maximum absolute atomic E-state index is 6.17. The molecule has 0 aliphatic carbocycles. The van der Waals surface area contributed by atoms with Gasteiger partial charge in [-0.25, -0.2) is 9.97 Å². The van der Waals surface area contributed by atoms with Crippen molar-refractivity contribution in [2.45, 2.75) is 11.5 Å². The Morgan fingerprint density at radius 2 is 2.19 bits per heavy atom. The van der Waals surface area contributed by atoms with E-state index in [1.54, 1.807) is 11.3 Å². The molecule has 3 rings (SSSR count). The van der Waals surface area contributed by atoms with Crippen LogP contribution in [-0.2, 0) is 11.5 Å². The molecule has 0 spiro atoms. The maximum Gasteiger partial charge on any atom is 0.172 e. The van der Waals surface area contributed by atoms with Crippen molar-refractivity contribution in [1.29, 1.82) is 0 Å². The molecule has 0 atom stereocenters. The molecule has 2 aromatic heterocycles. The molecular formula is C10H6BrClN2S2. The van der Waals surface area contributed by atoms with E-state index in [-0.39, 0.29) is 0 Å². The summed E-state index contributed by atoms with van der Waals surface area (Å²) in [7, 11) is 0. The van der Waals surface area contributed by atoms with Crippen molar-refractivity contribution in [2.24, 2.45) is 0 Å². The van der Waals surface area contributed by atoms with E-state index in [4.69, 9.17) is 11.6 Å². The number of thioether (sulfide) groups is 1. The molecule has 16 heavy (non-hydrogen) atoms. The molecule has 6 heteroatoms. The first-order chi connectivity index (χ1) is 7.75. The van der Waals surface area contributed by atoms with Gasteiger partial charge in [0.15, 0.2) is 5.82 Å². The van der Waals surface area contributed by atoms with Gasteiger partial charge in [-0.05, 0) is 27.4 Å². The average molecular weight is 334 g/mol. The summed E-state index contributed by atoms with van der Waals surface area (Å²) in [5.41, 5.74) is 2.18. The third-order valence-electron chi connectivity index (χ3n) is 2.35. The molecule has 2 aromatic rings. The van der Waals surface area contributed by atoms with E-state index in [2.05, 4.69) is 25.9 Å². The van der Waals surface area contributed by atoms with Gasteiger partial charge in [0.1, 0.15) is 5.15 Å². The van der Waals surface area contributed by atoms with Gasteiger partial charge >= 0.3 is 0 Å². The fourth-order valence-electron chi connectivity index (χ4n) is 1.57. The molecule has 1 aliphatic rings. The van der Waals surface area contributed by atoms with Crippen molar-refractivity contribution in [3.8, 4) is 10.7 Å². The zero-order valence-corrected chi connectivity index (χ0v) is 12.0. The molecule has 0 saturated heterocycles. The van der Waals surface area contributed by atoms with Crippen molar-refractivity contribution in [3.63, 3.8) is 0 Å². The number of hydrogen-bond donors (Lipinski definition) is 0. The molecule has 3 heterocycles. The van der Waals surface area contributed by atoms with Crippen LogP contribution < -0.4 is 0 Å². The van der Waals surface area contributed by atoms with E-state index in [1.165, 1.54) is 0 Å². The third-order valence-corrected chi connectivity index (χ3v) is 5.46. The van der Waals surface area contributed by atoms with Gasteiger partial charge < -0.3 is 0 Å². The first-order valence-corrected chi connectivity index (χ1v) is 7.82. The first-order valence-electron chi connectivity index (χ1n) is 4.62. The summed E-state index contributed by atoms with van der Waals surface area (Å²) in [6.45, 7) is 0. The molecule has 0 N–H and O–H groups in total. The average Bonchev–Trinajstić information content (AvgIpc) is 2.85. The van der Waals surface area contributed by atoms with Crippen molar-refractivity contribution >= 4 is 50.6 Å². The summed E-state index contributed by atoms with van der Waals surface area (Å²) in [6, 6.07) is 2.00. The minimum absolute atomic E-state index is 0.602. The highest BCUT2D eigenvalue weighted by molar-refractivity contribution is 9.10. The SMILES string of the molecule is Clc1nc(-c2sccc2Br)nc2c1CSC2. The van der Waals surface area contributed by atoms with Crippen molar-refractivity contribution < 1.29 is 0 Å². The monoisotopic (exact) mass is 332 g/mol. The van der Waals surface area contributed by atoms with Crippen molar-refractivity contribution in [3.05, 3.63) is 32.3 Å². The number of halogens is 2. The van der Waals surface area contributed by atoms with Gasteiger partial charge in [0.05, 0.1) is 10.6 Å². The Hall–Kier alpha value is -0.100. The number of aromatic nitrogens is 2. The largest absolute Gasteiger partial charge is 0.231 e. The number of nitrogens with zero attached hydrogens (tertiary/aromatic N) is 2. The van der Waals surface area contributed by atoms with Crippen molar-refractivity contribution in [1.82, 2.24) is 9.97 Å². The van der Waals surface area contributed by atoms with Crippen LogP contribution >= 0.6 is 50.6 Å². The Morgan fingerprint density at radius 3 is 2.94 bits per heavy atom. The highest BCUT2D eigenvalue weighted by Crippen LogP contribution is 2.37. The zero-order chi connectivity index (χ0) is 11.1. The second-order valence-corrected chi connectivity index (χ2v) is 6.47. The van der Waals surface area contributed by atoms with Gasteiger partial charge in [-0.15, -0.1) is 11.3 Å². The van der Waals surface area contributed by atoms with Crippen LogP contribution in [0.2, 0.25) is 5.15 Å². The Kier molecular flexibility index (Phi) is 2.96. The smallest absolute Gasteiger partial charge is 0.172 e. The van der Waals surface area contributed by atoms with E-state index in [1.807, 2.05) is 23.2 Å². The standard InChI is InChI=1S/C10H6BrClN2S2/c11-6-1-2-16-8(6)10-13-7-4-15-3-5(7)9(12)14-10/h1-2H,3-4H2. The fraction of sp³-hybridized carbons (Fsp3) is 0.200. The Balaban J connectivity index is 2.17. The maximum atomic E-state index is 6.17. The van der Waals surface area contributed by atoms with Gasteiger partial charge in [0.25, 0.3) is 0 Å². The molecule has 0 fully saturated rings. The van der Waals surface area contributed by atoms with Gasteiger partial charge in [-0.1, -0.05) is 11.6 Å². The van der Waals surface area contributed by atoms with Crippen LogP contribution in [0.4, 0.5) is 0 Å². The molecule has 2 nitrogen and oxygen atoms in total. The van der Waals surface area contributed by atoms with E-state index < -0.39 is 0 Å². The Labute approximate surface area is 115 Å². The topological polar surface area (TPSA) is 25.8 Å². The Morgan fingerprint density at radius 1 is 1.31 bits per heavy atom. The third kappa shape index (κ3) is 1.79. The van der Waals surface area contributed by atoms with Crippen LogP contribution in [0.15, 0.2) is 15.9 Å². The highest BCUT2D eigenvalue weighted by Gasteiger charge is 2.20. The van der Waals surface area contributed by atoms with Crippen LogP contribution in [0, 0.1) is 0 Å². The summed E-state index contributed by atoms with van der Waals surface area (Å²) in [5.74, 6) is 2.60. The summed E-state index contributed by atoms with van der Waals surface area (Å²) < 4.78 is 1.03. The molecule has 0 aromatic carbocycles. The summed E-state index contributed by atoms with van der Waals surface area (Å²) in [6.07, 6.45) is 0. The minimum Gasteiger partial charge on any atom is -0.231 e. The first kappa shape index (κ1) is 11.0. The second-order valence-electron chi connectivity index (χ2n) is 3.35. The van der Waals surface area contributed by atoms with E-state index in [9.17, 15) is 0 Å². The van der Waals surface area contributed by atoms with Crippen LogP contribution in [0.25, 0.3) is 10.7 Å². The van der Waals surface area contributed by atoms with Crippen LogP contribution in [-0.4, -0.2) is 9.97 Å². The van der Waals surface area contributed by atoms with E-state index in [0.29, 0.717) is 5.15 Å². The zero-order valence-electron chi connectivity index (χ0n) is 8.04. The van der Waals surface area contributed by atoms with Gasteiger partial charge in [-0.3, -0.25) is 0 Å².